The molecule has 0 saturated carbocycles. The molecule has 5 rings (SSSR count). The van der Waals surface area contributed by atoms with Gasteiger partial charge in [-0.3, -0.25) is 4.79 Å². The van der Waals surface area contributed by atoms with Crippen molar-refractivity contribution in [3.8, 4) is 11.1 Å². The molecule has 0 atom stereocenters. The lowest BCUT2D eigenvalue weighted by Gasteiger charge is -2.16. The molecule has 0 radical (unpaired) electrons. The maximum atomic E-state index is 12.8. The lowest BCUT2D eigenvalue weighted by Crippen LogP contribution is -2.26. The summed E-state index contributed by atoms with van der Waals surface area (Å²) in [5, 5.41) is 3.89. The third-order valence-electron chi connectivity index (χ3n) is 6.52. The SMILES string of the molecule is O=Cc1cccnc1Sc1c(Cl)cc(C/C=C/Cl)cc1CNC(=O)OCC1c2ccccc2-c2ccccc21. The molecule has 196 valence electrons. The first-order valence-corrected chi connectivity index (χ1v) is 14.0. The molecule has 1 N–H and O–H groups in total. The molecule has 1 heterocycles. The zero-order chi connectivity index (χ0) is 27.2. The Labute approximate surface area is 241 Å². The lowest BCUT2D eigenvalue weighted by atomic mass is 9.98. The topological polar surface area (TPSA) is 68.3 Å². The molecule has 0 saturated heterocycles. The van der Waals surface area contributed by atoms with Gasteiger partial charge in [-0.15, -0.1) is 0 Å². The Morgan fingerprint density at radius 1 is 1.03 bits per heavy atom. The van der Waals surface area contributed by atoms with E-state index >= 15 is 0 Å². The van der Waals surface area contributed by atoms with Crippen LogP contribution in [0.15, 0.2) is 101 Å². The zero-order valence-electron chi connectivity index (χ0n) is 20.8. The third kappa shape index (κ3) is 6.04. The molecule has 0 unspecified atom stereocenters. The number of hydrogen-bond donors (Lipinski definition) is 1. The van der Waals surface area contributed by atoms with Crippen molar-refractivity contribution in [1.29, 1.82) is 0 Å². The molecule has 1 amide bonds. The van der Waals surface area contributed by atoms with Crippen molar-refractivity contribution in [3.05, 3.63) is 123 Å². The monoisotopic (exact) mass is 574 g/mol. The molecule has 0 spiro atoms. The number of nitrogens with one attached hydrogen (secondary N) is 1. The smallest absolute Gasteiger partial charge is 0.407 e. The zero-order valence-corrected chi connectivity index (χ0v) is 23.1. The van der Waals surface area contributed by atoms with Crippen LogP contribution in [0.25, 0.3) is 11.1 Å². The first kappa shape index (κ1) is 27.0. The summed E-state index contributed by atoms with van der Waals surface area (Å²) < 4.78 is 5.70. The Morgan fingerprint density at radius 3 is 2.44 bits per heavy atom. The van der Waals surface area contributed by atoms with Gasteiger partial charge in [-0.25, -0.2) is 9.78 Å². The van der Waals surface area contributed by atoms with Gasteiger partial charge in [0.2, 0.25) is 0 Å². The molecule has 1 aliphatic carbocycles. The summed E-state index contributed by atoms with van der Waals surface area (Å²) in [6.07, 6.45) is 4.25. The normalized spacial score (nSPS) is 12.3. The number of aldehydes is 1. The summed E-state index contributed by atoms with van der Waals surface area (Å²) in [5.74, 6) is -0.0275. The van der Waals surface area contributed by atoms with E-state index in [0.29, 0.717) is 26.9 Å². The van der Waals surface area contributed by atoms with Crippen LogP contribution in [0.3, 0.4) is 0 Å². The number of aromatic nitrogens is 1. The Balaban J connectivity index is 1.32. The Kier molecular flexibility index (Phi) is 8.67. The van der Waals surface area contributed by atoms with Crippen molar-refractivity contribution < 1.29 is 14.3 Å². The van der Waals surface area contributed by atoms with Crippen LogP contribution < -0.4 is 5.32 Å². The molecule has 1 aromatic heterocycles. The molecule has 0 bridgehead atoms. The standard InChI is InChI=1S/C31H24Cl2N2O3S/c32-13-5-7-20-15-22(29(28(33)16-20)39-30-21(18-36)8-6-14-34-30)17-35-31(37)38-19-27-25-11-3-1-9-23(25)24-10-2-4-12-26(24)27/h1-6,8-16,18,27H,7,17,19H2,(H,35,37)/b13-5+. The summed E-state index contributed by atoms with van der Waals surface area (Å²) in [4.78, 5) is 29.4. The number of benzene rings is 3. The molecule has 5 nitrogen and oxygen atoms in total. The van der Waals surface area contributed by atoms with E-state index in [1.807, 2.05) is 42.5 Å². The van der Waals surface area contributed by atoms with Crippen LogP contribution in [0, 0.1) is 0 Å². The van der Waals surface area contributed by atoms with E-state index in [2.05, 4.69) is 34.6 Å². The summed E-state index contributed by atoms with van der Waals surface area (Å²) >= 11 is 13.7. The number of amides is 1. The third-order valence-corrected chi connectivity index (χ3v) is 8.33. The van der Waals surface area contributed by atoms with Crippen molar-refractivity contribution in [2.24, 2.45) is 0 Å². The van der Waals surface area contributed by atoms with Gasteiger partial charge in [-0.1, -0.05) is 95.6 Å². The molecular weight excluding hydrogens is 551 g/mol. The van der Waals surface area contributed by atoms with E-state index in [1.54, 1.807) is 18.3 Å². The van der Waals surface area contributed by atoms with Crippen LogP contribution in [0.2, 0.25) is 5.02 Å². The molecule has 1 aliphatic rings. The Bertz CT molecular complexity index is 1510. The van der Waals surface area contributed by atoms with Crippen molar-refractivity contribution in [2.45, 2.75) is 28.8 Å². The van der Waals surface area contributed by atoms with E-state index in [-0.39, 0.29) is 19.1 Å². The minimum absolute atomic E-state index is 0.0275. The van der Waals surface area contributed by atoms with E-state index in [0.717, 1.165) is 28.5 Å². The number of carbonyl (C=O) groups excluding carboxylic acids is 2. The highest BCUT2D eigenvalue weighted by atomic mass is 35.5. The quantitative estimate of drug-likeness (QED) is 0.205. The van der Waals surface area contributed by atoms with Gasteiger partial charge in [0.1, 0.15) is 11.6 Å². The maximum Gasteiger partial charge on any atom is 0.407 e. The number of rotatable bonds is 9. The minimum Gasteiger partial charge on any atom is -0.449 e. The molecule has 4 aromatic rings. The Morgan fingerprint density at radius 2 is 1.74 bits per heavy atom. The molecule has 0 fully saturated rings. The number of pyridine rings is 1. The van der Waals surface area contributed by atoms with Gasteiger partial charge in [0.25, 0.3) is 0 Å². The van der Waals surface area contributed by atoms with Gasteiger partial charge in [0.15, 0.2) is 6.29 Å². The number of alkyl carbamates (subject to hydrolysis) is 1. The number of ether oxygens (including phenoxy) is 1. The van der Waals surface area contributed by atoms with Gasteiger partial charge in [-0.05, 0) is 58.0 Å². The molecule has 3 aromatic carbocycles. The van der Waals surface area contributed by atoms with E-state index in [9.17, 15) is 9.59 Å². The van der Waals surface area contributed by atoms with Gasteiger partial charge in [0.05, 0.1) is 5.02 Å². The van der Waals surface area contributed by atoms with Crippen LogP contribution >= 0.6 is 35.0 Å². The van der Waals surface area contributed by atoms with Crippen LogP contribution in [-0.4, -0.2) is 24.0 Å². The average Bonchev–Trinajstić information content (AvgIpc) is 3.29. The predicted molar refractivity (Wildman–Crippen MR) is 156 cm³/mol. The van der Waals surface area contributed by atoms with Gasteiger partial charge >= 0.3 is 6.09 Å². The minimum atomic E-state index is -0.526. The first-order chi connectivity index (χ1) is 19.1. The van der Waals surface area contributed by atoms with Crippen molar-refractivity contribution in [1.82, 2.24) is 10.3 Å². The number of halogens is 2. The number of fused-ring (bicyclic) bond motifs is 3. The number of carbonyl (C=O) groups is 2. The van der Waals surface area contributed by atoms with Crippen LogP contribution in [0.5, 0.6) is 0 Å². The second kappa shape index (κ2) is 12.5. The summed E-state index contributed by atoms with van der Waals surface area (Å²) in [7, 11) is 0. The highest BCUT2D eigenvalue weighted by Crippen LogP contribution is 2.44. The van der Waals surface area contributed by atoms with Gasteiger partial charge in [-0.2, -0.15) is 0 Å². The average molecular weight is 576 g/mol. The van der Waals surface area contributed by atoms with Gasteiger partial charge < -0.3 is 10.1 Å². The van der Waals surface area contributed by atoms with E-state index in [1.165, 1.54) is 28.4 Å². The van der Waals surface area contributed by atoms with Gasteiger partial charge in [0, 0.05) is 34.7 Å². The summed E-state index contributed by atoms with van der Waals surface area (Å²) in [5.41, 5.74) is 8.27. The fraction of sp³-hybridized carbons (Fsp3) is 0.129. The molecular formula is C31H24Cl2N2O3S. The van der Waals surface area contributed by atoms with E-state index in [4.69, 9.17) is 27.9 Å². The van der Waals surface area contributed by atoms with E-state index < -0.39 is 6.09 Å². The first-order valence-electron chi connectivity index (χ1n) is 12.3. The molecule has 0 aliphatic heterocycles. The number of nitrogens with zero attached hydrogens (tertiary/aromatic N) is 1. The van der Waals surface area contributed by atoms with Crippen molar-refractivity contribution in [3.63, 3.8) is 0 Å². The van der Waals surface area contributed by atoms with Crippen LogP contribution in [0.1, 0.15) is 38.5 Å². The summed E-state index contributed by atoms with van der Waals surface area (Å²) in [6.45, 7) is 0.403. The number of hydrogen-bond acceptors (Lipinski definition) is 5. The highest BCUT2D eigenvalue weighted by molar-refractivity contribution is 7.99. The fourth-order valence-corrected chi connectivity index (χ4v) is 6.17. The highest BCUT2D eigenvalue weighted by Gasteiger charge is 2.29. The maximum absolute atomic E-state index is 12.8. The van der Waals surface area contributed by atoms with Crippen molar-refractivity contribution >= 4 is 47.3 Å². The Hall–Kier alpha value is -3.58. The van der Waals surface area contributed by atoms with Crippen molar-refractivity contribution in [2.75, 3.05) is 6.61 Å². The molecule has 8 heteroatoms. The predicted octanol–water partition coefficient (Wildman–Crippen LogP) is 8.03. The fourth-order valence-electron chi connectivity index (χ4n) is 4.75. The lowest BCUT2D eigenvalue weighted by molar-refractivity contribution is 0.112. The summed E-state index contributed by atoms with van der Waals surface area (Å²) in [6, 6.07) is 23.6. The van der Waals surface area contributed by atoms with Crippen LogP contribution in [-0.2, 0) is 17.7 Å². The second-order valence-corrected chi connectivity index (χ2v) is 10.6. The molecule has 39 heavy (non-hydrogen) atoms. The largest absolute Gasteiger partial charge is 0.449 e. The van der Waals surface area contributed by atoms with Crippen LogP contribution in [0.4, 0.5) is 4.79 Å². The second-order valence-electron chi connectivity index (χ2n) is 8.93. The number of allylic oxidation sites excluding steroid dienone is 1.